The molecule has 5 amide bonds. The second-order valence-electron chi connectivity index (χ2n) is 11.4. The zero-order valence-corrected chi connectivity index (χ0v) is 26.7. The van der Waals surface area contributed by atoms with Gasteiger partial charge < -0.3 is 49.5 Å². The van der Waals surface area contributed by atoms with Crippen LogP contribution in [0.2, 0.25) is 0 Å². The van der Waals surface area contributed by atoms with Crippen molar-refractivity contribution < 1.29 is 24.0 Å². The monoisotopic (exact) mass is 644 g/mol. The van der Waals surface area contributed by atoms with Gasteiger partial charge in [0.25, 0.3) is 0 Å². The Morgan fingerprint density at radius 3 is 2.07 bits per heavy atom. The van der Waals surface area contributed by atoms with Gasteiger partial charge in [0.15, 0.2) is 5.96 Å². The lowest BCUT2D eigenvalue weighted by Gasteiger charge is -2.23. The summed E-state index contributed by atoms with van der Waals surface area (Å²) in [6.07, 6.45) is 4.80. The molecule has 2 rings (SSSR count). The van der Waals surface area contributed by atoms with Crippen LogP contribution in [0.4, 0.5) is 0 Å². The molecule has 0 aromatic heterocycles. The summed E-state index contributed by atoms with van der Waals surface area (Å²) in [4.78, 5) is 68.9. The summed E-state index contributed by atoms with van der Waals surface area (Å²) in [5.74, 6) is -2.04. The standard InChI is InChI=1S/C31H52N10O5/c32-14-4-1-10-23-28(44)36-16-6-3-12-24(41-31(34)35)29(45)37-17-13-26(42)38-20-22-9-7-8-21(18-22)19-27(43)39-25(30(46)40-23)11-2-5-15-33/h7-9,18,23-25H,1-6,10-17,19-20,32-33H2,(H,36,44)(H,37,45)(H,38,42)(H,39,43)(H,40,46)(H4,34,35,41)/t23-,24+,25-/m0/s1. The van der Waals surface area contributed by atoms with E-state index in [4.69, 9.17) is 22.9 Å². The lowest BCUT2D eigenvalue weighted by atomic mass is 10.0. The molecule has 2 bridgehead atoms. The Labute approximate surface area is 270 Å². The van der Waals surface area contributed by atoms with E-state index < -0.39 is 29.9 Å². The Hall–Kier alpha value is -4.24. The molecule has 0 unspecified atom stereocenters. The number of carbonyl (C=O) groups excluding carboxylic acids is 5. The number of nitrogens with two attached hydrogens (primary N) is 4. The maximum atomic E-state index is 13.4. The second kappa shape index (κ2) is 21.5. The average molecular weight is 645 g/mol. The number of nitrogens with one attached hydrogen (secondary N) is 5. The van der Waals surface area contributed by atoms with E-state index in [1.807, 2.05) is 6.07 Å². The zero-order chi connectivity index (χ0) is 33.7. The maximum Gasteiger partial charge on any atom is 0.244 e. The molecule has 3 atom stereocenters. The third-order valence-electron chi connectivity index (χ3n) is 7.49. The lowest BCUT2D eigenvalue weighted by Crippen LogP contribution is -2.54. The minimum absolute atomic E-state index is 0.0197. The summed E-state index contributed by atoms with van der Waals surface area (Å²) in [6, 6.07) is 4.70. The first-order chi connectivity index (χ1) is 22.1. The van der Waals surface area contributed by atoms with Crippen molar-refractivity contribution in [2.24, 2.45) is 27.9 Å². The normalized spacial score (nSPS) is 21.4. The van der Waals surface area contributed by atoms with Gasteiger partial charge in [0.05, 0.1) is 6.42 Å². The van der Waals surface area contributed by atoms with Crippen LogP contribution < -0.4 is 49.5 Å². The molecule has 1 aliphatic heterocycles. The largest absolute Gasteiger partial charge is 0.370 e. The maximum absolute atomic E-state index is 13.4. The molecule has 0 saturated heterocycles. The Bertz CT molecular complexity index is 1170. The molecule has 1 heterocycles. The van der Waals surface area contributed by atoms with Gasteiger partial charge in [0, 0.05) is 26.1 Å². The molecule has 15 heteroatoms. The molecule has 1 aliphatic rings. The summed E-state index contributed by atoms with van der Waals surface area (Å²) in [7, 11) is 0. The van der Waals surface area contributed by atoms with Crippen LogP contribution in [0.5, 0.6) is 0 Å². The van der Waals surface area contributed by atoms with Crippen LogP contribution in [-0.4, -0.2) is 79.8 Å². The van der Waals surface area contributed by atoms with Gasteiger partial charge in [-0.2, -0.15) is 0 Å². The van der Waals surface area contributed by atoms with Crippen LogP contribution in [0.1, 0.15) is 75.3 Å². The molecule has 15 nitrogen and oxygen atoms in total. The molecular weight excluding hydrogens is 592 g/mol. The highest BCUT2D eigenvalue weighted by atomic mass is 16.2. The number of amides is 5. The molecule has 256 valence electrons. The first-order valence-electron chi connectivity index (χ1n) is 16.1. The Kier molecular flexibility index (Phi) is 17.7. The van der Waals surface area contributed by atoms with E-state index in [2.05, 4.69) is 31.6 Å². The van der Waals surface area contributed by atoms with Gasteiger partial charge in [-0.05, 0) is 82.0 Å². The van der Waals surface area contributed by atoms with E-state index in [0.717, 1.165) is 5.56 Å². The zero-order valence-electron chi connectivity index (χ0n) is 26.7. The topological polar surface area (TPSA) is 262 Å². The molecule has 0 fully saturated rings. The summed E-state index contributed by atoms with van der Waals surface area (Å²) in [5, 5.41) is 14.1. The molecule has 13 N–H and O–H groups in total. The van der Waals surface area contributed by atoms with Crippen LogP contribution >= 0.6 is 0 Å². The smallest absolute Gasteiger partial charge is 0.244 e. The molecule has 46 heavy (non-hydrogen) atoms. The number of unbranched alkanes of at least 4 members (excludes halogenated alkanes) is 2. The summed E-state index contributed by atoms with van der Waals surface area (Å²) >= 11 is 0. The number of guanidine groups is 1. The third kappa shape index (κ3) is 15.2. The highest BCUT2D eigenvalue weighted by Gasteiger charge is 2.26. The van der Waals surface area contributed by atoms with Crippen LogP contribution in [-0.2, 0) is 36.9 Å². The third-order valence-corrected chi connectivity index (χ3v) is 7.49. The van der Waals surface area contributed by atoms with Crippen molar-refractivity contribution >= 4 is 35.5 Å². The van der Waals surface area contributed by atoms with Crippen molar-refractivity contribution in [3.63, 3.8) is 0 Å². The second-order valence-corrected chi connectivity index (χ2v) is 11.4. The van der Waals surface area contributed by atoms with Crippen LogP contribution in [0.3, 0.4) is 0 Å². The van der Waals surface area contributed by atoms with Crippen molar-refractivity contribution in [3.05, 3.63) is 35.4 Å². The number of nitrogens with zero attached hydrogens (tertiary/aromatic N) is 1. The fourth-order valence-electron chi connectivity index (χ4n) is 5.01. The lowest BCUT2D eigenvalue weighted by molar-refractivity contribution is -0.132. The highest BCUT2D eigenvalue weighted by molar-refractivity contribution is 5.92. The number of rotatable bonds is 9. The predicted molar refractivity (Wildman–Crippen MR) is 176 cm³/mol. The minimum atomic E-state index is -0.851. The number of hydrogen-bond acceptors (Lipinski definition) is 8. The number of aliphatic imine (C=N–C) groups is 1. The number of hydrogen-bond donors (Lipinski definition) is 9. The van der Waals surface area contributed by atoms with Crippen molar-refractivity contribution in [1.82, 2.24) is 26.6 Å². The summed E-state index contributed by atoms with van der Waals surface area (Å²) in [6.45, 7) is 1.54. The quantitative estimate of drug-likeness (QED) is 0.0861. The number of fused-ring (bicyclic) bond motifs is 2. The van der Waals surface area contributed by atoms with Crippen molar-refractivity contribution in [3.8, 4) is 0 Å². The fourth-order valence-corrected chi connectivity index (χ4v) is 5.01. The van der Waals surface area contributed by atoms with Gasteiger partial charge in [-0.15, -0.1) is 0 Å². The van der Waals surface area contributed by atoms with E-state index in [0.29, 0.717) is 83.0 Å². The molecule has 1 aromatic rings. The highest BCUT2D eigenvalue weighted by Crippen LogP contribution is 2.10. The Morgan fingerprint density at radius 1 is 0.739 bits per heavy atom. The van der Waals surface area contributed by atoms with Crippen molar-refractivity contribution in [1.29, 1.82) is 0 Å². The van der Waals surface area contributed by atoms with E-state index in [1.54, 1.807) is 18.2 Å². The molecular formula is C31H52N10O5. The predicted octanol–water partition coefficient (Wildman–Crippen LogP) is -1.48. The van der Waals surface area contributed by atoms with Crippen LogP contribution in [0.15, 0.2) is 29.3 Å². The number of benzene rings is 1. The first-order valence-corrected chi connectivity index (χ1v) is 16.1. The van der Waals surface area contributed by atoms with Gasteiger partial charge in [-0.1, -0.05) is 24.3 Å². The van der Waals surface area contributed by atoms with E-state index >= 15 is 0 Å². The van der Waals surface area contributed by atoms with E-state index in [-0.39, 0.29) is 49.6 Å². The van der Waals surface area contributed by atoms with Gasteiger partial charge in [-0.3, -0.25) is 24.0 Å². The van der Waals surface area contributed by atoms with E-state index in [9.17, 15) is 24.0 Å². The van der Waals surface area contributed by atoms with Gasteiger partial charge >= 0.3 is 0 Å². The Balaban J connectivity index is 2.26. The molecule has 0 saturated carbocycles. The number of carbonyl (C=O) groups is 5. The SMILES string of the molecule is NCCCC[C@@H]1NC(=O)Cc2cccc(c2)CNC(=O)CCNC(=O)[C@H](N=C(N)N)CCCCNC(=O)[C@H](CCCCN)NC1=O. The molecule has 0 radical (unpaired) electrons. The van der Waals surface area contributed by atoms with Gasteiger partial charge in [0.2, 0.25) is 29.5 Å². The van der Waals surface area contributed by atoms with Crippen molar-refractivity contribution in [2.45, 2.75) is 95.3 Å². The summed E-state index contributed by atoms with van der Waals surface area (Å²) in [5.41, 5.74) is 23.9. The average Bonchev–Trinajstić information content (AvgIpc) is 3.01. The fraction of sp³-hybridized carbons (Fsp3) is 0.613. The van der Waals surface area contributed by atoms with Crippen LogP contribution in [0, 0.1) is 0 Å². The minimum Gasteiger partial charge on any atom is -0.370 e. The van der Waals surface area contributed by atoms with Crippen LogP contribution in [0.25, 0.3) is 0 Å². The van der Waals surface area contributed by atoms with Gasteiger partial charge in [0.1, 0.15) is 18.1 Å². The molecule has 0 aliphatic carbocycles. The first kappa shape index (κ1) is 37.9. The van der Waals surface area contributed by atoms with Crippen molar-refractivity contribution in [2.75, 3.05) is 26.2 Å². The molecule has 1 aromatic carbocycles. The molecule has 0 spiro atoms. The Morgan fingerprint density at radius 2 is 1.39 bits per heavy atom. The van der Waals surface area contributed by atoms with E-state index in [1.165, 1.54) is 0 Å². The van der Waals surface area contributed by atoms with Gasteiger partial charge in [-0.25, -0.2) is 4.99 Å². The summed E-state index contributed by atoms with van der Waals surface area (Å²) < 4.78 is 0.